The van der Waals surface area contributed by atoms with E-state index in [-0.39, 0.29) is 5.91 Å². The molecule has 134 valence electrons. The predicted octanol–water partition coefficient (Wildman–Crippen LogP) is 3.16. The summed E-state index contributed by atoms with van der Waals surface area (Å²) in [5.41, 5.74) is 3.22. The number of carbonyl (C=O) groups excluding carboxylic acids is 1. The maximum Gasteiger partial charge on any atom is 0.233 e. The molecule has 2 aromatic rings. The van der Waals surface area contributed by atoms with Gasteiger partial charge in [0.05, 0.1) is 11.4 Å². The Morgan fingerprint density at radius 1 is 1.28 bits per heavy atom. The molecule has 7 heteroatoms. The summed E-state index contributed by atoms with van der Waals surface area (Å²) in [6.45, 7) is 7.12. The van der Waals surface area contributed by atoms with Crippen LogP contribution in [-0.4, -0.2) is 49.4 Å². The Labute approximate surface area is 153 Å². The molecule has 2 heterocycles. The maximum atomic E-state index is 12.7. The number of piperidine rings is 1. The molecule has 1 aromatic carbocycles. The van der Waals surface area contributed by atoms with Gasteiger partial charge in [0.25, 0.3) is 0 Å². The number of likely N-dealkylation sites (tertiary alicyclic amines) is 1. The number of benzene rings is 1. The second-order valence-corrected chi connectivity index (χ2v) is 7.49. The summed E-state index contributed by atoms with van der Waals surface area (Å²) in [7, 11) is 0. The highest BCUT2D eigenvalue weighted by Gasteiger charge is 2.25. The van der Waals surface area contributed by atoms with E-state index < -0.39 is 0 Å². The summed E-state index contributed by atoms with van der Waals surface area (Å²) in [5, 5.41) is 12.7. The zero-order valence-corrected chi connectivity index (χ0v) is 15.9. The predicted molar refractivity (Wildman–Crippen MR) is 99.0 cm³/mol. The van der Waals surface area contributed by atoms with Gasteiger partial charge in [-0.1, -0.05) is 36.9 Å². The van der Waals surface area contributed by atoms with Crippen LogP contribution in [-0.2, 0) is 4.79 Å². The fourth-order valence-corrected chi connectivity index (χ4v) is 4.27. The van der Waals surface area contributed by atoms with Crippen LogP contribution in [0.1, 0.15) is 43.7 Å². The van der Waals surface area contributed by atoms with E-state index >= 15 is 0 Å². The van der Waals surface area contributed by atoms with Gasteiger partial charge in [-0.25, -0.2) is 0 Å². The second-order valence-electron chi connectivity index (χ2n) is 6.55. The van der Waals surface area contributed by atoms with E-state index in [1.54, 1.807) is 4.68 Å². The van der Waals surface area contributed by atoms with Gasteiger partial charge in [-0.05, 0) is 61.1 Å². The lowest BCUT2D eigenvalue weighted by molar-refractivity contribution is -0.132. The van der Waals surface area contributed by atoms with Gasteiger partial charge in [-0.2, -0.15) is 4.68 Å². The van der Waals surface area contributed by atoms with Gasteiger partial charge in [-0.3, -0.25) is 4.79 Å². The van der Waals surface area contributed by atoms with Crippen molar-refractivity contribution in [1.82, 2.24) is 25.1 Å². The topological polar surface area (TPSA) is 63.9 Å². The molecule has 0 bridgehead atoms. The van der Waals surface area contributed by atoms with Gasteiger partial charge < -0.3 is 4.90 Å². The Hall–Kier alpha value is -1.89. The first kappa shape index (κ1) is 17.9. The van der Waals surface area contributed by atoms with Crippen molar-refractivity contribution in [3.63, 3.8) is 0 Å². The number of tetrazole rings is 1. The molecule has 0 N–H and O–H groups in total. The fourth-order valence-electron chi connectivity index (χ4n) is 3.51. The minimum Gasteiger partial charge on any atom is -0.339 e. The van der Waals surface area contributed by atoms with Crippen LogP contribution in [0.3, 0.4) is 0 Å². The van der Waals surface area contributed by atoms with Crippen LogP contribution in [0.15, 0.2) is 23.4 Å². The number of para-hydroxylation sites is 1. The Balaban J connectivity index is 1.73. The van der Waals surface area contributed by atoms with Gasteiger partial charge in [0.15, 0.2) is 0 Å². The van der Waals surface area contributed by atoms with E-state index in [0.29, 0.717) is 17.0 Å². The Morgan fingerprint density at radius 3 is 2.76 bits per heavy atom. The van der Waals surface area contributed by atoms with Crippen LogP contribution in [0.5, 0.6) is 0 Å². The molecule has 0 radical (unpaired) electrons. The lowest BCUT2D eigenvalue weighted by atomic mass is 10.0. The molecule has 1 fully saturated rings. The molecule has 1 atom stereocenters. The molecular weight excluding hydrogens is 334 g/mol. The van der Waals surface area contributed by atoms with Crippen LogP contribution >= 0.6 is 11.8 Å². The maximum absolute atomic E-state index is 12.7. The van der Waals surface area contributed by atoms with Crippen molar-refractivity contribution < 1.29 is 4.79 Å². The Bertz CT molecular complexity index is 725. The number of thioether (sulfide) groups is 1. The number of carbonyl (C=O) groups is 1. The van der Waals surface area contributed by atoms with Crippen molar-refractivity contribution in [3.8, 4) is 5.69 Å². The highest BCUT2D eigenvalue weighted by atomic mass is 32.2. The average Bonchev–Trinajstić information content (AvgIpc) is 3.07. The summed E-state index contributed by atoms with van der Waals surface area (Å²) in [6.07, 6.45) is 4.47. The van der Waals surface area contributed by atoms with E-state index in [9.17, 15) is 4.79 Å². The van der Waals surface area contributed by atoms with Crippen molar-refractivity contribution >= 4 is 17.7 Å². The largest absolute Gasteiger partial charge is 0.339 e. The third-order valence-corrected chi connectivity index (χ3v) is 5.74. The molecule has 1 aromatic heterocycles. The lowest BCUT2D eigenvalue weighted by Crippen LogP contribution is -2.44. The standard InChI is InChI=1S/C18H25N5OS/c1-4-15-10-5-6-11-22(15)16(24)12-25-18-19-20-21-23(18)17-13(2)8-7-9-14(17)3/h7-9,15H,4-6,10-12H2,1-3H3/t15-/m0/s1. The van der Waals surface area contributed by atoms with Crippen molar-refractivity contribution in [2.24, 2.45) is 0 Å². The number of aryl methyl sites for hydroxylation is 2. The molecule has 3 rings (SSSR count). The lowest BCUT2D eigenvalue weighted by Gasteiger charge is -2.35. The average molecular weight is 359 g/mol. The van der Waals surface area contributed by atoms with E-state index in [1.165, 1.54) is 18.2 Å². The van der Waals surface area contributed by atoms with E-state index in [4.69, 9.17) is 0 Å². The molecule has 0 aliphatic carbocycles. The molecule has 1 aliphatic rings. The summed E-state index contributed by atoms with van der Waals surface area (Å²) in [6, 6.07) is 6.50. The molecule has 6 nitrogen and oxygen atoms in total. The first-order valence-corrected chi connectivity index (χ1v) is 9.87. The fraction of sp³-hybridized carbons (Fsp3) is 0.556. The van der Waals surface area contributed by atoms with E-state index in [1.807, 2.05) is 36.9 Å². The van der Waals surface area contributed by atoms with Crippen LogP contribution in [0.25, 0.3) is 5.69 Å². The number of amides is 1. The van der Waals surface area contributed by atoms with E-state index in [0.717, 1.165) is 42.6 Å². The summed E-state index contributed by atoms with van der Waals surface area (Å²) in [4.78, 5) is 14.7. The minimum absolute atomic E-state index is 0.188. The van der Waals surface area contributed by atoms with Crippen LogP contribution < -0.4 is 0 Å². The van der Waals surface area contributed by atoms with Crippen LogP contribution in [0.2, 0.25) is 0 Å². The molecule has 1 aliphatic heterocycles. The van der Waals surface area contributed by atoms with Crippen LogP contribution in [0.4, 0.5) is 0 Å². The molecule has 25 heavy (non-hydrogen) atoms. The van der Waals surface area contributed by atoms with Gasteiger partial charge in [0, 0.05) is 12.6 Å². The van der Waals surface area contributed by atoms with Crippen molar-refractivity contribution in [3.05, 3.63) is 29.3 Å². The monoisotopic (exact) mass is 359 g/mol. The zero-order valence-electron chi connectivity index (χ0n) is 15.1. The van der Waals surface area contributed by atoms with E-state index in [2.05, 4.69) is 22.4 Å². The van der Waals surface area contributed by atoms with Gasteiger partial charge >= 0.3 is 0 Å². The molecular formula is C18H25N5OS. The molecule has 0 unspecified atom stereocenters. The number of hydrogen-bond acceptors (Lipinski definition) is 5. The number of hydrogen-bond donors (Lipinski definition) is 0. The molecule has 0 spiro atoms. The molecule has 1 saturated heterocycles. The smallest absolute Gasteiger partial charge is 0.233 e. The summed E-state index contributed by atoms with van der Waals surface area (Å²) in [5.74, 6) is 0.564. The molecule has 1 amide bonds. The summed E-state index contributed by atoms with van der Waals surface area (Å²) >= 11 is 1.42. The number of nitrogens with zero attached hydrogens (tertiary/aromatic N) is 5. The SMILES string of the molecule is CC[C@H]1CCCCN1C(=O)CSc1nnnn1-c1c(C)cccc1C. The summed E-state index contributed by atoms with van der Waals surface area (Å²) < 4.78 is 1.75. The number of rotatable bonds is 5. The first-order valence-electron chi connectivity index (χ1n) is 8.89. The van der Waals surface area contributed by atoms with Gasteiger partial charge in [-0.15, -0.1) is 5.10 Å². The molecule has 0 saturated carbocycles. The third-order valence-electron chi connectivity index (χ3n) is 4.84. The van der Waals surface area contributed by atoms with Crippen molar-refractivity contribution in [2.75, 3.05) is 12.3 Å². The second kappa shape index (κ2) is 7.99. The van der Waals surface area contributed by atoms with Gasteiger partial charge in [0.1, 0.15) is 0 Å². The van der Waals surface area contributed by atoms with Crippen LogP contribution in [0, 0.1) is 13.8 Å². The first-order chi connectivity index (χ1) is 12.1. The minimum atomic E-state index is 0.188. The highest BCUT2D eigenvalue weighted by Crippen LogP contribution is 2.25. The number of aromatic nitrogens is 4. The highest BCUT2D eigenvalue weighted by molar-refractivity contribution is 7.99. The Kier molecular flexibility index (Phi) is 5.73. The van der Waals surface area contributed by atoms with Gasteiger partial charge in [0.2, 0.25) is 11.1 Å². The Morgan fingerprint density at radius 2 is 2.04 bits per heavy atom. The quantitative estimate of drug-likeness (QED) is 0.767. The van der Waals surface area contributed by atoms with Crippen molar-refractivity contribution in [2.45, 2.75) is 57.7 Å². The van der Waals surface area contributed by atoms with Crippen molar-refractivity contribution in [1.29, 1.82) is 0 Å². The zero-order chi connectivity index (χ0) is 17.8. The normalized spacial score (nSPS) is 17.7. The third kappa shape index (κ3) is 3.86.